The van der Waals surface area contributed by atoms with Gasteiger partial charge in [0.2, 0.25) is 0 Å². The van der Waals surface area contributed by atoms with Crippen molar-refractivity contribution in [1.29, 1.82) is 0 Å². The molecular formula is C15H19ClN2O2. The van der Waals surface area contributed by atoms with Gasteiger partial charge in [0.1, 0.15) is 0 Å². The molecule has 0 spiro atoms. The number of carbonyl (C=O) groups is 1. The van der Waals surface area contributed by atoms with E-state index >= 15 is 0 Å². The summed E-state index contributed by atoms with van der Waals surface area (Å²) in [6.45, 7) is 2.34. The quantitative estimate of drug-likeness (QED) is 0.899. The third kappa shape index (κ3) is 2.63. The molecule has 0 bridgehead atoms. The van der Waals surface area contributed by atoms with Crippen molar-refractivity contribution in [3.05, 3.63) is 28.8 Å². The first-order chi connectivity index (χ1) is 9.65. The Kier molecular flexibility index (Phi) is 3.85. The predicted octanol–water partition coefficient (Wildman–Crippen LogP) is 3.08. The molecule has 20 heavy (non-hydrogen) atoms. The summed E-state index contributed by atoms with van der Waals surface area (Å²) < 4.78 is 0. The highest BCUT2D eigenvalue weighted by atomic mass is 35.5. The van der Waals surface area contributed by atoms with Crippen molar-refractivity contribution < 1.29 is 9.90 Å². The summed E-state index contributed by atoms with van der Waals surface area (Å²) in [7, 11) is 0. The summed E-state index contributed by atoms with van der Waals surface area (Å²) in [4.78, 5) is 13.7. The molecule has 2 unspecified atom stereocenters. The Hall–Kier alpha value is -1.26. The number of fused-ring (bicyclic) bond motifs is 1. The fraction of sp³-hybridized carbons (Fsp3) is 0.533. The van der Waals surface area contributed by atoms with E-state index in [1.54, 1.807) is 12.1 Å². The van der Waals surface area contributed by atoms with Crippen LogP contribution in [0.2, 0.25) is 5.02 Å². The third-order valence-electron chi connectivity index (χ3n) is 4.40. The van der Waals surface area contributed by atoms with Crippen molar-refractivity contribution in [2.45, 2.75) is 37.8 Å². The van der Waals surface area contributed by atoms with E-state index in [1.165, 1.54) is 25.8 Å². The molecule has 0 amide bonds. The molecule has 2 aliphatic rings. The molecule has 0 radical (unpaired) electrons. The monoisotopic (exact) mass is 294 g/mol. The molecule has 0 saturated carbocycles. The van der Waals surface area contributed by atoms with Gasteiger partial charge in [-0.3, -0.25) is 4.90 Å². The van der Waals surface area contributed by atoms with Gasteiger partial charge in [-0.25, -0.2) is 4.79 Å². The molecule has 4 nitrogen and oxygen atoms in total. The maximum Gasteiger partial charge on any atom is 0.337 e. The molecule has 0 aromatic heterocycles. The molecule has 1 aromatic carbocycles. The van der Waals surface area contributed by atoms with E-state index in [9.17, 15) is 4.79 Å². The van der Waals surface area contributed by atoms with E-state index in [-0.39, 0.29) is 10.6 Å². The lowest BCUT2D eigenvalue weighted by Crippen LogP contribution is -2.41. The number of halogens is 1. The van der Waals surface area contributed by atoms with E-state index in [0.717, 1.165) is 18.7 Å². The summed E-state index contributed by atoms with van der Waals surface area (Å²) >= 11 is 5.90. The summed E-state index contributed by atoms with van der Waals surface area (Å²) in [5.41, 5.74) is 1.01. The fourth-order valence-corrected chi connectivity index (χ4v) is 3.61. The number of rotatable bonds is 3. The Morgan fingerprint density at radius 2 is 2.15 bits per heavy atom. The van der Waals surface area contributed by atoms with Crippen molar-refractivity contribution in [1.82, 2.24) is 4.90 Å². The van der Waals surface area contributed by atoms with Gasteiger partial charge in [0, 0.05) is 24.3 Å². The lowest BCUT2D eigenvalue weighted by molar-refractivity contribution is 0.0697. The van der Waals surface area contributed by atoms with Crippen LogP contribution in [0.1, 0.15) is 36.0 Å². The van der Waals surface area contributed by atoms with Crippen molar-refractivity contribution in [2.75, 3.05) is 18.4 Å². The van der Waals surface area contributed by atoms with Gasteiger partial charge in [-0.15, -0.1) is 0 Å². The average Bonchev–Trinajstić information content (AvgIpc) is 2.84. The van der Waals surface area contributed by atoms with Gasteiger partial charge in [-0.2, -0.15) is 0 Å². The SMILES string of the molecule is O=C(O)c1cc(NC2CCN3CCCCC23)ccc1Cl. The molecule has 5 heteroatoms. The number of benzene rings is 1. The van der Waals surface area contributed by atoms with Crippen molar-refractivity contribution >= 4 is 23.3 Å². The highest BCUT2D eigenvalue weighted by molar-refractivity contribution is 6.33. The summed E-state index contributed by atoms with van der Waals surface area (Å²) in [5, 5.41) is 12.9. The Morgan fingerprint density at radius 3 is 2.95 bits per heavy atom. The maximum atomic E-state index is 11.1. The van der Waals surface area contributed by atoms with Crippen LogP contribution in [0.4, 0.5) is 5.69 Å². The minimum atomic E-state index is -0.982. The van der Waals surface area contributed by atoms with Crippen molar-refractivity contribution in [2.24, 2.45) is 0 Å². The Morgan fingerprint density at radius 1 is 1.30 bits per heavy atom. The van der Waals surface area contributed by atoms with Crippen LogP contribution in [0.15, 0.2) is 18.2 Å². The first-order valence-electron chi connectivity index (χ1n) is 7.18. The number of anilines is 1. The van der Waals surface area contributed by atoms with Gasteiger partial charge in [0.15, 0.2) is 0 Å². The predicted molar refractivity (Wildman–Crippen MR) is 79.7 cm³/mol. The third-order valence-corrected chi connectivity index (χ3v) is 4.73. The smallest absolute Gasteiger partial charge is 0.337 e. The summed E-state index contributed by atoms with van der Waals surface area (Å²) in [5.74, 6) is -0.982. The van der Waals surface area contributed by atoms with Crippen molar-refractivity contribution in [3.8, 4) is 0 Å². The first kappa shape index (κ1) is 13.7. The second kappa shape index (κ2) is 5.62. The zero-order chi connectivity index (χ0) is 14.1. The number of hydrogen-bond donors (Lipinski definition) is 2. The normalized spacial score (nSPS) is 26.2. The molecule has 2 atom stereocenters. The largest absolute Gasteiger partial charge is 0.478 e. The molecule has 2 fully saturated rings. The van der Waals surface area contributed by atoms with Crippen LogP contribution in [0.25, 0.3) is 0 Å². The Balaban J connectivity index is 1.74. The number of nitrogens with one attached hydrogen (secondary N) is 1. The molecule has 3 rings (SSSR count). The van der Waals surface area contributed by atoms with Gasteiger partial charge in [0.05, 0.1) is 10.6 Å². The molecule has 108 valence electrons. The highest BCUT2D eigenvalue weighted by Gasteiger charge is 2.35. The lowest BCUT2D eigenvalue weighted by Gasteiger charge is -2.33. The Labute approximate surface area is 123 Å². The second-order valence-electron chi connectivity index (χ2n) is 5.64. The average molecular weight is 295 g/mol. The van der Waals surface area contributed by atoms with Crippen LogP contribution < -0.4 is 5.32 Å². The first-order valence-corrected chi connectivity index (χ1v) is 7.56. The number of hydrogen-bond acceptors (Lipinski definition) is 3. The van der Waals surface area contributed by atoms with Gasteiger partial charge in [0.25, 0.3) is 0 Å². The van der Waals surface area contributed by atoms with Crippen LogP contribution >= 0.6 is 11.6 Å². The highest BCUT2D eigenvalue weighted by Crippen LogP contribution is 2.30. The van der Waals surface area contributed by atoms with Crippen LogP contribution in [-0.4, -0.2) is 41.1 Å². The number of carboxylic acid groups (broad SMARTS) is 1. The summed E-state index contributed by atoms with van der Waals surface area (Å²) in [6, 6.07) is 6.16. The summed E-state index contributed by atoms with van der Waals surface area (Å²) in [6.07, 6.45) is 4.94. The minimum absolute atomic E-state index is 0.162. The molecule has 2 saturated heterocycles. The minimum Gasteiger partial charge on any atom is -0.478 e. The zero-order valence-electron chi connectivity index (χ0n) is 11.3. The van der Waals surface area contributed by atoms with Crippen LogP contribution in [0.3, 0.4) is 0 Å². The van der Waals surface area contributed by atoms with E-state index in [0.29, 0.717) is 12.1 Å². The van der Waals surface area contributed by atoms with Crippen LogP contribution in [0, 0.1) is 0 Å². The van der Waals surface area contributed by atoms with Gasteiger partial charge in [-0.05, 0) is 44.0 Å². The molecule has 2 N–H and O–H groups in total. The van der Waals surface area contributed by atoms with E-state index in [4.69, 9.17) is 16.7 Å². The molecule has 1 aromatic rings. The van der Waals surface area contributed by atoms with Gasteiger partial charge >= 0.3 is 5.97 Å². The standard InChI is InChI=1S/C15H19ClN2O2/c16-12-5-4-10(9-11(12)15(19)20)17-13-6-8-18-7-2-1-3-14(13)18/h4-5,9,13-14,17H,1-3,6-8H2,(H,19,20). The van der Waals surface area contributed by atoms with Crippen LogP contribution in [0.5, 0.6) is 0 Å². The molecule has 2 heterocycles. The lowest BCUT2D eigenvalue weighted by atomic mass is 9.99. The van der Waals surface area contributed by atoms with Gasteiger partial charge < -0.3 is 10.4 Å². The maximum absolute atomic E-state index is 11.1. The number of aromatic carboxylic acids is 1. The number of piperidine rings is 1. The Bertz CT molecular complexity index is 521. The van der Waals surface area contributed by atoms with E-state index in [2.05, 4.69) is 10.2 Å². The second-order valence-corrected chi connectivity index (χ2v) is 6.05. The number of nitrogens with zero attached hydrogens (tertiary/aromatic N) is 1. The number of carboxylic acids is 1. The zero-order valence-corrected chi connectivity index (χ0v) is 12.1. The topological polar surface area (TPSA) is 52.6 Å². The van der Waals surface area contributed by atoms with E-state index < -0.39 is 5.97 Å². The van der Waals surface area contributed by atoms with Gasteiger partial charge in [-0.1, -0.05) is 18.0 Å². The van der Waals surface area contributed by atoms with Crippen molar-refractivity contribution in [3.63, 3.8) is 0 Å². The molecular weight excluding hydrogens is 276 g/mol. The van der Waals surface area contributed by atoms with Crippen LogP contribution in [-0.2, 0) is 0 Å². The fourth-order valence-electron chi connectivity index (χ4n) is 3.41. The van der Waals surface area contributed by atoms with E-state index in [1.807, 2.05) is 6.07 Å². The molecule has 2 aliphatic heterocycles. The molecule has 0 aliphatic carbocycles.